The van der Waals surface area contributed by atoms with Gasteiger partial charge in [0, 0.05) is 31.1 Å². The van der Waals surface area contributed by atoms with Crippen molar-refractivity contribution in [1.82, 2.24) is 4.90 Å². The molecule has 2 aromatic rings. The van der Waals surface area contributed by atoms with Gasteiger partial charge >= 0.3 is 0 Å². The molecule has 0 bridgehead atoms. The van der Waals surface area contributed by atoms with Gasteiger partial charge in [-0.15, -0.1) is 0 Å². The molecule has 4 rings (SSSR count). The minimum atomic E-state index is -0.573. The van der Waals surface area contributed by atoms with Crippen LogP contribution < -0.4 is 14.8 Å². The Morgan fingerprint density at radius 3 is 2.58 bits per heavy atom. The number of anilines is 1. The van der Waals surface area contributed by atoms with E-state index < -0.39 is 6.10 Å². The first-order valence-electron chi connectivity index (χ1n) is 10.9. The first-order valence-corrected chi connectivity index (χ1v) is 11.2. The van der Waals surface area contributed by atoms with E-state index in [1.165, 1.54) is 6.92 Å². The lowest BCUT2D eigenvalue weighted by molar-refractivity contribution is -0.114. The molecule has 0 aromatic heterocycles. The summed E-state index contributed by atoms with van der Waals surface area (Å²) in [6, 6.07) is 14.9. The fourth-order valence-corrected chi connectivity index (χ4v) is 4.72. The molecule has 2 aromatic carbocycles. The van der Waals surface area contributed by atoms with Crippen LogP contribution in [0, 0.1) is 0 Å². The normalized spacial score (nSPS) is 24.7. The van der Waals surface area contributed by atoms with Gasteiger partial charge in [0.15, 0.2) is 0 Å². The van der Waals surface area contributed by atoms with Crippen molar-refractivity contribution in [3.05, 3.63) is 53.6 Å². The van der Waals surface area contributed by atoms with Crippen molar-refractivity contribution < 1.29 is 19.4 Å². The maximum Gasteiger partial charge on any atom is 0.221 e. The van der Waals surface area contributed by atoms with E-state index >= 15 is 0 Å². The average Bonchev–Trinajstić information content (AvgIpc) is 3.10. The van der Waals surface area contributed by atoms with E-state index in [1.807, 2.05) is 42.5 Å². The van der Waals surface area contributed by atoms with Gasteiger partial charge in [0.2, 0.25) is 5.91 Å². The number of amides is 1. The van der Waals surface area contributed by atoms with Crippen LogP contribution in [0.15, 0.2) is 48.5 Å². The minimum Gasteiger partial charge on any atom is -0.490 e. The Hall–Kier alpha value is -2.28. The molecule has 3 atom stereocenters. The molecule has 0 radical (unpaired) electrons. The monoisotopic (exact) mass is 444 g/mol. The fourth-order valence-electron chi connectivity index (χ4n) is 4.53. The number of hydrogen-bond donors (Lipinski definition) is 2. The Bertz CT molecular complexity index is 901. The molecule has 0 unspecified atom stereocenters. The molecule has 2 fully saturated rings. The predicted octanol–water partition coefficient (Wildman–Crippen LogP) is 4.11. The van der Waals surface area contributed by atoms with Gasteiger partial charge in [-0.25, -0.2) is 0 Å². The zero-order valence-corrected chi connectivity index (χ0v) is 18.4. The Morgan fingerprint density at radius 2 is 1.84 bits per heavy atom. The summed E-state index contributed by atoms with van der Waals surface area (Å²) < 4.78 is 12.2. The third kappa shape index (κ3) is 5.50. The zero-order valence-electron chi connectivity index (χ0n) is 17.7. The molecule has 1 aliphatic heterocycles. The SMILES string of the molecule is CC(=O)Nc1ccccc1O[C@H]1CC[C@H](N2CCC(Oc3cccc(Cl)c3)CC2)[C@H]1O. The number of aliphatic hydroxyl groups excluding tert-OH is 1. The zero-order chi connectivity index (χ0) is 21.8. The van der Waals surface area contributed by atoms with Gasteiger partial charge in [0.05, 0.1) is 5.69 Å². The maximum atomic E-state index is 11.4. The summed E-state index contributed by atoms with van der Waals surface area (Å²) in [7, 11) is 0. The standard InChI is InChI=1S/C24H29ClN2O4/c1-16(28)26-20-7-2-3-8-22(20)31-23-10-9-21(24(23)29)27-13-11-18(12-14-27)30-19-6-4-5-17(25)15-19/h2-8,15,18,21,23-24,29H,9-14H2,1H3,(H,26,28)/t21-,23-,24+/m0/s1. The van der Waals surface area contributed by atoms with Crippen LogP contribution in [0.2, 0.25) is 5.02 Å². The van der Waals surface area contributed by atoms with Crippen LogP contribution in [0.1, 0.15) is 32.6 Å². The number of likely N-dealkylation sites (tertiary alicyclic amines) is 1. The largest absolute Gasteiger partial charge is 0.490 e. The Labute approximate surface area is 188 Å². The van der Waals surface area contributed by atoms with Crippen molar-refractivity contribution in [3.8, 4) is 11.5 Å². The average molecular weight is 445 g/mol. The summed E-state index contributed by atoms with van der Waals surface area (Å²) in [4.78, 5) is 13.8. The van der Waals surface area contributed by atoms with E-state index in [0.29, 0.717) is 16.5 Å². The molecule has 166 valence electrons. The molecular weight excluding hydrogens is 416 g/mol. The van der Waals surface area contributed by atoms with Gasteiger partial charge in [0.25, 0.3) is 0 Å². The number of hydrogen-bond acceptors (Lipinski definition) is 5. The Morgan fingerprint density at radius 1 is 1.06 bits per heavy atom. The summed E-state index contributed by atoms with van der Waals surface area (Å²) in [5.41, 5.74) is 0.629. The second-order valence-electron chi connectivity index (χ2n) is 8.28. The van der Waals surface area contributed by atoms with Crippen molar-refractivity contribution in [2.75, 3.05) is 18.4 Å². The lowest BCUT2D eigenvalue weighted by atomic mass is 10.0. The van der Waals surface area contributed by atoms with Crippen molar-refractivity contribution in [3.63, 3.8) is 0 Å². The van der Waals surface area contributed by atoms with Gasteiger partial charge < -0.3 is 19.9 Å². The summed E-state index contributed by atoms with van der Waals surface area (Å²) >= 11 is 6.05. The van der Waals surface area contributed by atoms with Gasteiger partial charge in [-0.3, -0.25) is 9.69 Å². The first-order chi connectivity index (χ1) is 15.0. The highest BCUT2D eigenvalue weighted by molar-refractivity contribution is 6.30. The topological polar surface area (TPSA) is 71.0 Å². The number of piperidine rings is 1. The van der Waals surface area contributed by atoms with Crippen molar-refractivity contribution >= 4 is 23.2 Å². The van der Waals surface area contributed by atoms with E-state index in [0.717, 1.165) is 44.5 Å². The van der Waals surface area contributed by atoms with Crippen LogP contribution in [0.4, 0.5) is 5.69 Å². The van der Waals surface area contributed by atoms with E-state index in [1.54, 1.807) is 6.07 Å². The number of nitrogens with one attached hydrogen (secondary N) is 1. The lowest BCUT2D eigenvalue weighted by Gasteiger charge is -2.37. The molecule has 7 heteroatoms. The fraction of sp³-hybridized carbons (Fsp3) is 0.458. The Balaban J connectivity index is 1.31. The number of rotatable bonds is 6. The molecule has 0 spiro atoms. The summed E-state index contributed by atoms with van der Waals surface area (Å²) in [5, 5.41) is 14.4. The van der Waals surface area contributed by atoms with Gasteiger partial charge in [-0.2, -0.15) is 0 Å². The van der Waals surface area contributed by atoms with Crippen LogP contribution in [-0.4, -0.2) is 53.4 Å². The molecule has 1 heterocycles. The predicted molar refractivity (Wildman–Crippen MR) is 121 cm³/mol. The van der Waals surface area contributed by atoms with Crippen LogP contribution >= 0.6 is 11.6 Å². The minimum absolute atomic E-state index is 0.0741. The molecule has 1 aliphatic carbocycles. The number of carbonyl (C=O) groups excluding carboxylic acids is 1. The van der Waals surface area contributed by atoms with Crippen LogP contribution in [0.3, 0.4) is 0 Å². The van der Waals surface area contributed by atoms with E-state index in [4.69, 9.17) is 21.1 Å². The number of aliphatic hydroxyl groups is 1. The van der Waals surface area contributed by atoms with Crippen molar-refractivity contribution in [2.24, 2.45) is 0 Å². The van der Waals surface area contributed by atoms with Crippen LogP contribution in [0.25, 0.3) is 0 Å². The number of halogens is 1. The molecule has 1 amide bonds. The number of benzene rings is 2. The number of para-hydroxylation sites is 2. The third-order valence-electron chi connectivity index (χ3n) is 6.04. The van der Waals surface area contributed by atoms with E-state index in [-0.39, 0.29) is 24.2 Å². The lowest BCUT2D eigenvalue weighted by Crippen LogP contribution is -2.49. The van der Waals surface area contributed by atoms with Crippen molar-refractivity contribution in [1.29, 1.82) is 0 Å². The number of carbonyl (C=O) groups is 1. The smallest absolute Gasteiger partial charge is 0.221 e. The third-order valence-corrected chi connectivity index (χ3v) is 6.28. The quantitative estimate of drug-likeness (QED) is 0.701. The first kappa shape index (κ1) is 21.9. The van der Waals surface area contributed by atoms with E-state index in [9.17, 15) is 9.90 Å². The molecule has 2 aliphatic rings. The number of ether oxygens (including phenoxy) is 2. The van der Waals surface area contributed by atoms with E-state index in [2.05, 4.69) is 10.2 Å². The molecule has 31 heavy (non-hydrogen) atoms. The van der Waals surface area contributed by atoms with Crippen LogP contribution in [0.5, 0.6) is 11.5 Å². The Kier molecular flexibility index (Phi) is 7.00. The molecule has 1 saturated carbocycles. The number of nitrogens with zero attached hydrogens (tertiary/aromatic N) is 1. The summed E-state index contributed by atoms with van der Waals surface area (Å²) in [6.07, 6.45) is 2.77. The maximum absolute atomic E-state index is 11.4. The van der Waals surface area contributed by atoms with Gasteiger partial charge in [0.1, 0.15) is 29.8 Å². The van der Waals surface area contributed by atoms with Crippen LogP contribution in [-0.2, 0) is 4.79 Å². The molecular formula is C24H29ClN2O4. The second-order valence-corrected chi connectivity index (χ2v) is 8.72. The molecule has 2 N–H and O–H groups in total. The summed E-state index contributed by atoms with van der Waals surface area (Å²) in [5.74, 6) is 1.25. The van der Waals surface area contributed by atoms with Gasteiger partial charge in [-0.1, -0.05) is 29.8 Å². The van der Waals surface area contributed by atoms with Crippen molar-refractivity contribution in [2.45, 2.75) is 57.0 Å². The highest BCUT2D eigenvalue weighted by Gasteiger charge is 2.41. The second kappa shape index (κ2) is 9.90. The highest BCUT2D eigenvalue weighted by Crippen LogP contribution is 2.33. The molecule has 1 saturated heterocycles. The summed E-state index contributed by atoms with van der Waals surface area (Å²) in [6.45, 7) is 3.22. The highest BCUT2D eigenvalue weighted by atomic mass is 35.5. The van der Waals surface area contributed by atoms with Gasteiger partial charge in [-0.05, 0) is 56.0 Å². The molecule has 6 nitrogen and oxygen atoms in total.